The van der Waals surface area contributed by atoms with E-state index in [1.807, 2.05) is 30.5 Å². The van der Waals surface area contributed by atoms with Crippen LogP contribution in [0.4, 0.5) is 6.01 Å². The van der Waals surface area contributed by atoms with E-state index >= 15 is 0 Å². The van der Waals surface area contributed by atoms with Crippen molar-refractivity contribution in [2.24, 2.45) is 5.84 Å². The van der Waals surface area contributed by atoms with Gasteiger partial charge in [0.05, 0.1) is 0 Å². The van der Waals surface area contributed by atoms with Gasteiger partial charge in [0.1, 0.15) is 0 Å². The summed E-state index contributed by atoms with van der Waals surface area (Å²) in [5.74, 6) is 5.66. The highest BCUT2D eigenvalue weighted by molar-refractivity contribution is 7.98. The number of hydrogen-bond donors (Lipinski definition) is 2. The molecule has 0 atom stereocenters. The van der Waals surface area contributed by atoms with Gasteiger partial charge in [-0.15, -0.1) is 11.8 Å². The van der Waals surface area contributed by atoms with Crippen molar-refractivity contribution in [2.45, 2.75) is 4.90 Å². The van der Waals surface area contributed by atoms with Crippen LogP contribution in [0.15, 0.2) is 33.7 Å². The molecule has 0 aliphatic carbocycles. The molecule has 0 unspecified atom stereocenters. The van der Waals surface area contributed by atoms with E-state index in [4.69, 9.17) is 10.4 Å². The van der Waals surface area contributed by atoms with Gasteiger partial charge in [0.15, 0.2) is 0 Å². The van der Waals surface area contributed by atoms with Crippen LogP contribution in [0.5, 0.6) is 0 Å². The smallest absolute Gasteiger partial charge is 0.314 e. The molecule has 0 fully saturated rings. The van der Waals surface area contributed by atoms with Crippen molar-refractivity contribution in [3.05, 3.63) is 24.3 Å². The quantitative estimate of drug-likeness (QED) is 0.468. The van der Waals surface area contributed by atoms with E-state index in [1.54, 1.807) is 11.8 Å². The number of hydrazine groups is 1. The molecule has 0 aliphatic heterocycles. The largest absolute Gasteiger partial charge is 0.335 e. The molecule has 0 radical (unpaired) electrons. The van der Waals surface area contributed by atoms with Crippen LogP contribution in [0.2, 0.25) is 0 Å². The number of anilines is 1. The maximum Gasteiger partial charge on any atom is 0.335 e. The molecule has 1 aromatic carbocycles. The number of aromatic nitrogens is 2. The van der Waals surface area contributed by atoms with Gasteiger partial charge >= 0.3 is 6.01 Å². The Morgan fingerprint density at radius 2 is 2.07 bits per heavy atom. The molecule has 0 aliphatic rings. The minimum Gasteiger partial charge on any atom is -0.314 e. The van der Waals surface area contributed by atoms with Crippen LogP contribution >= 0.6 is 11.8 Å². The Labute approximate surface area is 91.0 Å². The van der Waals surface area contributed by atoms with Crippen molar-refractivity contribution in [3.63, 3.8) is 0 Å². The highest BCUT2D eigenvalue weighted by Crippen LogP contribution is 2.21. The van der Waals surface area contributed by atoms with E-state index in [0.29, 0.717) is 5.82 Å². The van der Waals surface area contributed by atoms with Gasteiger partial charge < -0.3 is 4.52 Å². The lowest BCUT2D eigenvalue weighted by Crippen LogP contribution is -2.06. The monoisotopic (exact) mass is 222 g/mol. The predicted octanol–water partition coefficient (Wildman–Crippen LogP) is 1.74. The molecule has 0 saturated carbocycles. The normalized spacial score (nSPS) is 10.3. The fourth-order valence-electron chi connectivity index (χ4n) is 1.14. The lowest BCUT2D eigenvalue weighted by atomic mass is 10.2. The Hall–Kier alpha value is -1.53. The summed E-state index contributed by atoms with van der Waals surface area (Å²) in [5, 5.41) is 3.78. The average Bonchev–Trinajstić information content (AvgIpc) is 2.78. The molecule has 78 valence electrons. The van der Waals surface area contributed by atoms with Gasteiger partial charge in [-0.25, -0.2) is 5.84 Å². The van der Waals surface area contributed by atoms with E-state index in [1.165, 1.54) is 4.90 Å². The van der Waals surface area contributed by atoms with Crippen LogP contribution in [0, 0.1) is 0 Å². The number of benzene rings is 1. The first-order valence-electron chi connectivity index (χ1n) is 4.28. The zero-order chi connectivity index (χ0) is 10.7. The van der Waals surface area contributed by atoms with Crippen LogP contribution in [0.3, 0.4) is 0 Å². The minimum atomic E-state index is 0.207. The van der Waals surface area contributed by atoms with E-state index in [-0.39, 0.29) is 6.01 Å². The first-order chi connectivity index (χ1) is 7.33. The van der Waals surface area contributed by atoms with Gasteiger partial charge in [0.25, 0.3) is 0 Å². The topological polar surface area (TPSA) is 77.0 Å². The summed E-state index contributed by atoms with van der Waals surface area (Å²) in [7, 11) is 0. The molecule has 2 rings (SSSR count). The van der Waals surface area contributed by atoms with Crippen LogP contribution in [-0.2, 0) is 0 Å². The lowest BCUT2D eigenvalue weighted by Gasteiger charge is -1.96. The number of nitrogen functional groups attached to an aromatic ring is 1. The van der Waals surface area contributed by atoms with E-state index in [0.717, 1.165) is 5.56 Å². The van der Waals surface area contributed by atoms with E-state index in [2.05, 4.69) is 15.6 Å². The van der Waals surface area contributed by atoms with Gasteiger partial charge in [0, 0.05) is 10.5 Å². The molecule has 0 saturated heterocycles. The van der Waals surface area contributed by atoms with Crippen molar-refractivity contribution in [1.82, 2.24) is 10.1 Å². The second kappa shape index (κ2) is 4.33. The van der Waals surface area contributed by atoms with Crippen molar-refractivity contribution in [2.75, 3.05) is 11.7 Å². The maximum absolute atomic E-state index is 5.14. The van der Waals surface area contributed by atoms with Gasteiger partial charge in [0.2, 0.25) is 5.82 Å². The Bertz CT molecular complexity index is 440. The molecule has 5 nitrogen and oxygen atoms in total. The Morgan fingerprint density at radius 3 is 2.60 bits per heavy atom. The van der Waals surface area contributed by atoms with Crippen LogP contribution < -0.4 is 11.3 Å². The Balaban J connectivity index is 2.28. The summed E-state index contributed by atoms with van der Waals surface area (Å²) in [6.07, 6.45) is 2.03. The molecular weight excluding hydrogens is 212 g/mol. The highest BCUT2D eigenvalue weighted by atomic mass is 32.2. The summed E-state index contributed by atoms with van der Waals surface area (Å²) >= 11 is 1.69. The molecule has 1 aromatic heterocycles. The van der Waals surface area contributed by atoms with E-state index < -0.39 is 0 Å². The average molecular weight is 222 g/mol. The number of thioether (sulfide) groups is 1. The molecule has 1 heterocycles. The summed E-state index contributed by atoms with van der Waals surface area (Å²) in [4.78, 5) is 5.23. The number of nitrogens with two attached hydrogens (primary N) is 1. The van der Waals surface area contributed by atoms with Crippen molar-refractivity contribution < 1.29 is 4.52 Å². The molecule has 0 bridgehead atoms. The Kier molecular flexibility index (Phi) is 2.89. The number of nitrogens with zero attached hydrogens (tertiary/aromatic N) is 2. The fraction of sp³-hybridized carbons (Fsp3) is 0.111. The maximum atomic E-state index is 5.14. The first kappa shape index (κ1) is 10.0. The Morgan fingerprint density at radius 1 is 1.33 bits per heavy atom. The van der Waals surface area contributed by atoms with Gasteiger partial charge in [-0.2, -0.15) is 4.98 Å². The molecule has 6 heteroatoms. The molecular formula is C9H10N4OS. The van der Waals surface area contributed by atoms with Gasteiger partial charge in [-0.05, 0) is 30.5 Å². The van der Waals surface area contributed by atoms with Gasteiger partial charge in [-0.1, -0.05) is 5.16 Å². The summed E-state index contributed by atoms with van der Waals surface area (Å²) < 4.78 is 4.82. The standard InChI is InChI=1S/C9H10N4OS/c1-15-7-4-2-6(3-5-7)8-11-9(12-10)14-13-8/h2-5H,10H2,1H3,(H,11,12,13). The van der Waals surface area contributed by atoms with Crippen LogP contribution in [0.25, 0.3) is 11.4 Å². The minimum absolute atomic E-state index is 0.207. The summed E-state index contributed by atoms with van der Waals surface area (Å²) in [5.41, 5.74) is 3.20. The lowest BCUT2D eigenvalue weighted by molar-refractivity contribution is 0.432. The molecule has 15 heavy (non-hydrogen) atoms. The molecule has 0 spiro atoms. The third kappa shape index (κ3) is 2.11. The second-order valence-electron chi connectivity index (χ2n) is 2.80. The number of rotatable bonds is 3. The SMILES string of the molecule is CSc1ccc(-c2noc(NN)n2)cc1. The molecule has 0 amide bonds. The fourth-order valence-corrected chi connectivity index (χ4v) is 1.55. The third-order valence-electron chi connectivity index (χ3n) is 1.90. The van der Waals surface area contributed by atoms with E-state index in [9.17, 15) is 0 Å². The molecule has 3 N–H and O–H groups in total. The van der Waals surface area contributed by atoms with Crippen molar-refractivity contribution in [3.8, 4) is 11.4 Å². The highest BCUT2D eigenvalue weighted by Gasteiger charge is 2.06. The van der Waals surface area contributed by atoms with Crippen molar-refractivity contribution >= 4 is 17.8 Å². The zero-order valence-electron chi connectivity index (χ0n) is 8.10. The summed E-state index contributed by atoms with van der Waals surface area (Å²) in [6, 6.07) is 8.10. The van der Waals surface area contributed by atoms with Gasteiger partial charge in [-0.3, -0.25) is 5.43 Å². The first-order valence-corrected chi connectivity index (χ1v) is 5.50. The van der Waals surface area contributed by atoms with Crippen molar-refractivity contribution in [1.29, 1.82) is 0 Å². The predicted molar refractivity (Wildman–Crippen MR) is 59.3 cm³/mol. The number of nitrogens with one attached hydrogen (secondary N) is 1. The second-order valence-corrected chi connectivity index (χ2v) is 3.68. The third-order valence-corrected chi connectivity index (χ3v) is 2.64. The summed E-state index contributed by atoms with van der Waals surface area (Å²) in [6.45, 7) is 0. The van der Waals surface area contributed by atoms with Crippen LogP contribution in [0.1, 0.15) is 0 Å². The number of hydrogen-bond acceptors (Lipinski definition) is 6. The zero-order valence-corrected chi connectivity index (χ0v) is 8.91. The van der Waals surface area contributed by atoms with Crippen LogP contribution in [-0.4, -0.2) is 16.4 Å². The molecule has 2 aromatic rings.